The Bertz CT molecular complexity index is 1570. The maximum Gasteiger partial charge on any atom is 0.437 e. The van der Waals surface area contributed by atoms with Crippen LogP contribution in [0.25, 0.3) is 10.9 Å². The van der Waals surface area contributed by atoms with Crippen LogP contribution >= 0.6 is 0 Å². The number of carbonyl (C=O) groups excluding carboxylic acids is 2. The van der Waals surface area contributed by atoms with Crippen LogP contribution in [0.1, 0.15) is 50.3 Å². The number of benzene rings is 2. The van der Waals surface area contributed by atoms with Gasteiger partial charge >= 0.3 is 6.18 Å². The topological polar surface area (TPSA) is 127 Å². The lowest BCUT2D eigenvalue weighted by Crippen LogP contribution is -2.19. The number of rotatable bonds is 6. The van der Waals surface area contributed by atoms with Crippen LogP contribution in [0.4, 0.5) is 23.2 Å². The maximum absolute atomic E-state index is 14.0. The number of pyridine rings is 1. The number of hydrogen-bond donors (Lipinski definition) is 2. The van der Waals surface area contributed by atoms with Crippen molar-refractivity contribution < 1.29 is 27.2 Å². The minimum atomic E-state index is -4.90. The predicted octanol–water partition coefficient (Wildman–Crippen LogP) is 4.42. The highest BCUT2D eigenvalue weighted by Gasteiger charge is 2.40. The molecule has 8 nitrogen and oxygen atoms in total. The molecule has 0 atom stereocenters. The van der Waals surface area contributed by atoms with E-state index in [2.05, 4.69) is 15.4 Å². The third-order valence-electron chi connectivity index (χ3n) is 5.58. The molecule has 0 spiro atoms. The van der Waals surface area contributed by atoms with Gasteiger partial charge in [0.15, 0.2) is 5.69 Å². The summed E-state index contributed by atoms with van der Waals surface area (Å²) in [6.45, 7) is 1.56. The highest BCUT2D eigenvalue weighted by molar-refractivity contribution is 6.14. The Balaban J connectivity index is 1.80. The van der Waals surface area contributed by atoms with E-state index in [-0.39, 0.29) is 40.8 Å². The Hall–Kier alpha value is -4.79. The second kappa shape index (κ2) is 9.69. The van der Waals surface area contributed by atoms with Gasteiger partial charge in [-0.05, 0) is 42.3 Å². The van der Waals surface area contributed by atoms with Gasteiger partial charge in [0.2, 0.25) is 0 Å². The number of nitrogens with one attached hydrogen (secondary N) is 1. The van der Waals surface area contributed by atoms with Gasteiger partial charge < -0.3 is 11.1 Å². The van der Waals surface area contributed by atoms with E-state index in [0.29, 0.717) is 11.1 Å². The van der Waals surface area contributed by atoms with Gasteiger partial charge in [-0.2, -0.15) is 23.5 Å². The molecule has 4 aromatic rings. The number of carbonyl (C=O) groups is 2. The molecule has 0 saturated heterocycles. The van der Waals surface area contributed by atoms with E-state index < -0.39 is 35.2 Å². The molecule has 2 heterocycles. The van der Waals surface area contributed by atoms with Crippen molar-refractivity contribution in [3.8, 4) is 6.07 Å². The molecule has 4 rings (SSSR count). The lowest BCUT2D eigenvalue weighted by molar-refractivity contribution is -0.140. The van der Waals surface area contributed by atoms with Gasteiger partial charge in [0.1, 0.15) is 11.5 Å². The summed E-state index contributed by atoms with van der Waals surface area (Å²) in [5.41, 5.74) is 3.89. The first-order valence-electron chi connectivity index (χ1n) is 10.9. The average molecular weight is 510 g/mol. The first-order chi connectivity index (χ1) is 17.5. The van der Waals surface area contributed by atoms with Crippen LogP contribution in [0.2, 0.25) is 0 Å². The number of halogens is 4. The van der Waals surface area contributed by atoms with Crippen molar-refractivity contribution in [3.05, 3.63) is 88.1 Å². The lowest BCUT2D eigenvalue weighted by atomic mass is 10.1. The summed E-state index contributed by atoms with van der Waals surface area (Å²) >= 11 is 0. The van der Waals surface area contributed by atoms with Crippen molar-refractivity contribution in [1.29, 1.82) is 5.26 Å². The fourth-order valence-corrected chi connectivity index (χ4v) is 3.87. The van der Waals surface area contributed by atoms with Crippen LogP contribution in [0.5, 0.6) is 0 Å². The van der Waals surface area contributed by atoms with Crippen LogP contribution in [-0.4, -0.2) is 26.6 Å². The number of nitriles is 1. The third-order valence-corrected chi connectivity index (χ3v) is 5.58. The molecular weight excluding hydrogens is 492 g/mol. The monoisotopic (exact) mass is 510 g/mol. The second-order valence-electron chi connectivity index (χ2n) is 8.02. The van der Waals surface area contributed by atoms with Crippen LogP contribution in [0.3, 0.4) is 0 Å². The van der Waals surface area contributed by atoms with Gasteiger partial charge in [0, 0.05) is 11.5 Å². The molecule has 2 amide bonds. The van der Waals surface area contributed by atoms with Gasteiger partial charge in [-0.1, -0.05) is 19.1 Å². The number of primary amides is 1. The molecule has 0 aliphatic rings. The molecule has 0 aliphatic heterocycles. The van der Waals surface area contributed by atoms with Crippen LogP contribution in [0, 0.1) is 17.1 Å². The molecule has 12 heteroatoms. The Morgan fingerprint density at radius 2 is 1.84 bits per heavy atom. The standard InChI is InChI=1S/C25H18F4N6O2/c1-2-20-21(22(25(27,28)29)34-35(20)12-14-5-3-13(11-30)4-6-14)33-24(37)17-10-19(23(31)36)32-18-9-15(26)7-8-16(17)18/h3-10H,2,12H2,1H3,(H2,31,36)(H,33,37). The number of nitrogens with two attached hydrogens (primary N) is 1. The van der Waals surface area contributed by atoms with E-state index >= 15 is 0 Å². The summed E-state index contributed by atoms with van der Waals surface area (Å²) in [7, 11) is 0. The minimum Gasteiger partial charge on any atom is -0.364 e. The van der Waals surface area contributed by atoms with Crippen molar-refractivity contribution in [2.45, 2.75) is 26.1 Å². The zero-order chi connectivity index (χ0) is 26.9. The Labute approximate surface area is 207 Å². The Morgan fingerprint density at radius 3 is 2.43 bits per heavy atom. The number of fused-ring (bicyclic) bond motifs is 1. The molecule has 2 aromatic heterocycles. The van der Waals surface area contributed by atoms with Crippen molar-refractivity contribution >= 4 is 28.4 Å². The number of amides is 2. The molecule has 0 aliphatic carbocycles. The number of hydrogen-bond acceptors (Lipinski definition) is 5. The zero-order valence-electron chi connectivity index (χ0n) is 19.2. The van der Waals surface area contributed by atoms with E-state index in [0.717, 1.165) is 22.9 Å². The third kappa shape index (κ3) is 5.11. The molecule has 37 heavy (non-hydrogen) atoms. The molecule has 0 saturated carbocycles. The fraction of sp³-hybridized carbons (Fsp3) is 0.160. The van der Waals surface area contributed by atoms with Gasteiger partial charge in [-0.3, -0.25) is 14.3 Å². The fourth-order valence-electron chi connectivity index (χ4n) is 3.87. The van der Waals surface area contributed by atoms with E-state index in [4.69, 9.17) is 11.0 Å². The largest absolute Gasteiger partial charge is 0.437 e. The molecule has 0 fully saturated rings. The highest BCUT2D eigenvalue weighted by atomic mass is 19.4. The summed E-state index contributed by atoms with van der Waals surface area (Å²) in [5, 5.41) is 15.1. The summed E-state index contributed by atoms with van der Waals surface area (Å²) in [5.74, 6) is -2.68. The highest BCUT2D eigenvalue weighted by Crippen LogP contribution is 2.37. The van der Waals surface area contributed by atoms with Crippen molar-refractivity contribution in [3.63, 3.8) is 0 Å². The van der Waals surface area contributed by atoms with E-state index in [1.807, 2.05) is 6.07 Å². The summed E-state index contributed by atoms with van der Waals surface area (Å²) < 4.78 is 56.8. The molecule has 188 valence electrons. The molecule has 3 N–H and O–H groups in total. The summed E-state index contributed by atoms with van der Waals surface area (Å²) in [6.07, 6.45) is -4.81. The molecule has 0 radical (unpaired) electrons. The van der Waals surface area contributed by atoms with E-state index in [1.54, 1.807) is 19.1 Å². The molecule has 2 aromatic carbocycles. The molecule has 0 unspecified atom stereocenters. The van der Waals surface area contributed by atoms with E-state index in [1.165, 1.54) is 18.2 Å². The van der Waals surface area contributed by atoms with Crippen molar-refractivity contribution in [1.82, 2.24) is 14.8 Å². The van der Waals surface area contributed by atoms with Crippen molar-refractivity contribution in [2.75, 3.05) is 5.32 Å². The summed E-state index contributed by atoms with van der Waals surface area (Å²) in [4.78, 5) is 28.9. The smallest absolute Gasteiger partial charge is 0.364 e. The number of nitrogens with zero attached hydrogens (tertiary/aromatic N) is 4. The first-order valence-corrected chi connectivity index (χ1v) is 10.9. The number of anilines is 1. The summed E-state index contributed by atoms with van der Waals surface area (Å²) in [6, 6.07) is 12.5. The number of alkyl halides is 3. The van der Waals surface area contributed by atoms with Crippen molar-refractivity contribution in [2.24, 2.45) is 5.73 Å². The Kier molecular flexibility index (Phi) is 6.63. The normalized spacial score (nSPS) is 11.4. The van der Waals surface area contributed by atoms with Crippen LogP contribution in [-0.2, 0) is 19.1 Å². The van der Waals surface area contributed by atoms with Gasteiger partial charge in [0.05, 0.1) is 40.6 Å². The molecule has 0 bridgehead atoms. The lowest BCUT2D eigenvalue weighted by Gasteiger charge is -2.12. The first kappa shape index (κ1) is 25.3. The average Bonchev–Trinajstić information content (AvgIpc) is 3.20. The van der Waals surface area contributed by atoms with Gasteiger partial charge in [0.25, 0.3) is 11.8 Å². The Morgan fingerprint density at radius 1 is 1.14 bits per heavy atom. The SMILES string of the molecule is CCc1c(NC(=O)c2cc(C(N)=O)nc3cc(F)ccc23)c(C(F)(F)F)nn1Cc1ccc(C#N)cc1. The van der Waals surface area contributed by atoms with E-state index in [9.17, 15) is 27.2 Å². The van der Waals surface area contributed by atoms with Gasteiger partial charge in [-0.25, -0.2) is 9.37 Å². The van der Waals surface area contributed by atoms with Gasteiger partial charge in [-0.15, -0.1) is 0 Å². The quantitative estimate of drug-likeness (QED) is 0.371. The second-order valence-corrected chi connectivity index (χ2v) is 8.02. The number of aromatic nitrogens is 3. The minimum absolute atomic E-state index is 0.0445. The zero-order valence-corrected chi connectivity index (χ0v) is 19.2. The van der Waals surface area contributed by atoms with Crippen LogP contribution < -0.4 is 11.1 Å². The van der Waals surface area contributed by atoms with Crippen LogP contribution in [0.15, 0.2) is 48.5 Å². The molecular formula is C25H18F4N6O2. The maximum atomic E-state index is 14.0. The predicted molar refractivity (Wildman–Crippen MR) is 125 cm³/mol.